The average Bonchev–Trinajstić information content (AvgIpc) is 3.00. The van der Waals surface area contributed by atoms with Crippen LogP contribution in [0.3, 0.4) is 0 Å². The predicted octanol–water partition coefficient (Wildman–Crippen LogP) is 0.694. The minimum absolute atomic E-state index is 0.0972. The molecule has 108 valence electrons. The Labute approximate surface area is 121 Å². The molecule has 21 heavy (non-hydrogen) atoms. The minimum Gasteiger partial charge on any atom is -0.310 e. The lowest BCUT2D eigenvalue weighted by molar-refractivity contribution is 0.526. The van der Waals surface area contributed by atoms with Crippen molar-refractivity contribution < 1.29 is 0 Å². The summed E-state index contributed by atoms with van der Waals surface area (Å²) in [6, 6.07) is 7.33. The average molecular weight is 284 g/mol. The number of nitrogens with zero attached hydrogens (tertiary/aromatic N) is 4. The zero-order chi connectivity index (χ0) is 14.5. The molecule has 0 fully saturated rings. The van der Waals surface area contributed by atoms with Crippen molar-refractivity contribution in [3.63, 3.8) is 0 Å². The molecular formula is C14H16N6O. The van der Waals surface area contributed by atoms with E-state index < -0.39 is 0 Å². The zero-order valence-corrected chi connectivity index (χ0v) is 11.5. The number of aryl methyl sites for hydroxylation is 1. The SMILES string of the molecule is O=c1[nH]c(CNCCCn2ccnn2)nc2ccccc12. The van der Waals surface area contributed by atoms with Crippen molar-refractivity contribution >= 4 is 10.9 Å². The molecule has 0 saturated heterocycles. The molecule has 0 bridgehead atoms. The van der Waals surface area contributed by atoms with Gasteiger partial charge in [-0.05, 0) is 25.1 Å². The lowest BCUT2D eigenvalue weighted by Gasteiger charge is -2.05. The van der Waals surface area contributed by atoms with E-state index in [1.54, 1.807) is 16.9 Å². The fraction of sp³-hybridized carbons (Fsp3) is 0.286. The summed E-state index contributed by atoms with van der Waals surface area (Å²) in [5.74, 6) is 0.652. The highest BCUT2D eigenvalue weighted by atomic mass is 16.1. The Morgan fingerprint density at radius 3 is 3.05 bits per heavy atom. The van der Waals surface area contributed by atoms with Crippen molar-refractivity contribution in [3.05, 3.63) is 52.8 Å². The summed E-state index contributed by atoms with van der Waals surface area (Å²) < 4.78 is 1.79. The second-order valence-corrected chi connectivity index (χ2v) is 4.73. The van der Waals surface area contributed by atoms with E-state index in [1.165, 1.54) is 0 Å². The molecule has 2 N–H and O–H groups in total. The first-order valence-corrected chi connectivity index (χ1v) is 6.86. The van der Waals surface area contributed by atoms with Crippen LogP contribution < -0.4 is 10.9 Å². The molecule has 0 radical (unpaired) electrons. The molecule has 0 spiro atoms. The van der Waals surface area contributed by atoms with Gasteiger partial charge in [0, 0.05) is 12.7 Å². The van der Waals surface area contributed by atoms with Gasteiger partial charge in [-0.3, -0.25) is 9.48 Å². The molecule has 0 saturated carbocycles. The Balaban J connectivity index is 1.54. The molecule has 2 heterocycles. The van der Waals surface area contributed by atoms with Gasteiger partial charge in [0.05, 0.1) is 23.6 Å². The normalized spacial score (nSPS) is 11.0. The number of aromatic nitrogens is 5. The highest BCUT2D eigenvalue weighted by Gasteiger charge is 2.02. The smallest absolute Gasteiger partial charge is 0.258 e. The number of benzene rings is 1. The predicted molar refractivity (Wildman–Crippen MR) is 78.7 cm³/mol. The van der Waals surface area contributed by atoms with Crippen LogP contribution in [0.25, 0.3) is 10.9 Å². The molecule has 0 aliphatic heterocycles. The third-order valence-electron chi connectivity index (χ3n) is 3.17. The van der Waals surface area contributed by atoms with Crippen LogP contribution in [0, 0.1) is 0 Å². The molecule has 0 aliphatic carbocycles. The summed E-state index contributed by atoms with van der Waals surface area (Å²) in [4.78, 5) is 19.1. The van der Waals surface area contributed by atoms with E-state index in [0.717, 1.165) is 25.0 Å². The minimum atomic E-state index is -0.0972. The number of hydrogen-bond acceptors (Lipinski definition) is 5. The number of para-hydroxylation sites is 1. The molecule has 0 atom stereocenters. The Kier molecular flexibility index (Phi) is 4.02. The third kappa shape index (κ3) is 3.32. The lowest BCUT2D eigenvalue weighted by atomic mass is 10.2. The largest absolute Gasteiger partial charge is 0.310 e. The van der Waals surface area contributed by atoms with Crippen LogP contribution in [0.15, 0.2) is 41.5 Å². The number of nitrogens with one attached hydrogen (secondary N) is 2. The first-order chi connectivity index (χ1) is 10.3. The second kappa shape index (κ2) is 6.27. The molecule has 7 nitrogen and oxygen atoms in total. The molecule has 0 aliphatic rings. The van der Waals surface area contributed by atoms with Crippen LogP contribution in [0.1, 0.15) is 12.2 Å². The summed E-state index contributed by atoms with van der Waals surface area (Å²) in [6.07, 6.45) is 4.43. The van der Waals surface area contributed by atoms with E-state index in [0.29, 0.717) is 17.8 Å². The van der Waals surface area contributed by atoms with E-state index in [1.807, 2.05) is 24.4 Å². The van der Waals surface area contributed by atoms with E-state index in [9.17, 15) is 4.79 Å². The summed E-state index contributed by atoms with van der Waals surface area (Å²) in [5, 5.41) is 11.5. The van der Waals surface area contributed by atoms with E-state index in [2.05, 4.69) is 25.6 Å². The Hall–Kier alpha value is -2.54. The standard InChI is InChI=1S/C14H16N6O/c21-14-11-4-1-2-5-12(11)17-13(18-14)10-15-6-3-8-20-9-7-16-19-20/h1-2,4-5,7,9,15H,3,6,8,10H2,(H,17,18,21). The molecule has 1 aromatic carbocycles. The summed E-state index contributed by atoms with van der Waals surface area (Å²) in [7, 11) is 0. The second-order valence-electron chi connectivity index (χ2n) is 4.73. The maximum absolute atomic E-state index is 11.9. The number of hydrogen-bond donors (Lipinski definition) is 2. The molecule has 0 unspecified atom stereocenters. The molecule has 2 aromatic heterocycles. The van der Waals surface area contributed by atoms with E-state index in [4.69, 9.17) is 0 Å². The number of fused-ring (bicyclic) bond motifs is 1. The van der Waals surface area contributed by atoms with Crippen LogP contribution in [0.4, 0.5) is 0 Å². The van der Waals surface area contributed by atoms with Gasteiger partial charge < -0.3 is 10.3 Å². The van der Waals surface area contributed by atoms with Crippen LogP contribution >= 0.6 is 0 Å². The van der Waals surface area contributed by atoms with Crippen LogP contribution in [-0.4, -0.2) is 31.5 Å². The number of H-pyrrole nitrogens is 1. The lowest BCUT2D eigenvalue weighted by Crippen LogP contribution is -2.21. The van der Waals surface area contributed by atoms with Crippen LogP contribution in [0.2, 0.25) is 0 Å². The van der Waals surface area contributed by atoms with Gasteiger partial charge in [0.1, 0.15) is 5.82 Å². The fourth-order valence-corrected chi connectivity index (χ4v) is 2.14. The van der Waals surface area contributed by atoms with Crippen molar-refractivity contribution in [3.8, 4) is 0 Å². The van der Waals surface area contributed by atoms with Gasteiger partial charge in [-0.25, -0.2) is 4.98 Å². The van der Waals surface area contributed by atoms with Gasteiger partial charge in [-0.1, -0.05) is 17.3 Å². The first kappa shape index (κ1) is 13.4. The van der Waals surface area contributed by atoms with Gasteiger partial charge in [0.15, 0.2) is 0 Å². The summed E-state index contributed by atoms with van der Waals surface area (Å²) >= 11 is 0. The van der Waals surface area contributed by atoms with Gasteiger partial charge in [0.2, 0.25) is 0 Å². The van der Waals surface area contributed by atoms with Gasteiger partial charge >= 0.3 is 0 Å². The highest BCUT2D eigenvalue weighted by molar-refractivity contribution is 5.77. The topological polar surface area (TPSA) is 88.5 Å². The van der Waals surface area contributed by atoms with Crippen molar-refractivity contribution in [1.29, 1.82) is 0 Å². The van der Waals surface area contributed by atoms with Gasteiger partial charge in [-0.15, -0.1) is 5.10 Å². The molecular weight excluding hydrogens is 268 g/mol. The summed E-state index contributed by atoms with van der Waals surface area (Å²) in [6.45, 7) is 2.17. The van der Waals surface area contributed by atoms with Gasteiger partial charge in [0.25, 0.3) is 5.56 Å². The van der Waals surface area contributed by atoms with Crippen LogP contribution in [-0.2, 0) is 13.1 Å². The fourth-order valence-electron chi connectivity index (χ4n) is 2.14. The maximum Gasteiger partial charge on any atom is 0.258 e. The van der Waals surface area contributed by atoms with E-state index in [-0.39, 0.29) is 5.56 Å². The Morgan fingerprint density at radius 2 is 2.19 bits per heavy atom. The molecule has 3 rings (SSSR count). The molecule has 7 heteroatoms. The molecule has 3 aromatic rings. The van der Waals surface area contributed by atoms with Crippen molar-refractivity contribution in [2.75, 3.05) is 6.54 Å². The number of aromatic amines is 1. The van der Waals surface area contributed by atoms with Crippen LogP contribution in [0.5, 0.6) is 0 Å². The summed E-state index contributed by atoms with van der Waals surface area (Å²) in [5.41, 5.74) is 0.626. The number of rotatable bonds is 6. The third-order valence-corrected chi connectivity index (χ3v) is 3.17. The quantitative estimate of drug-likeness (QED) is 0.650. The molecule has 0 amide bonds. The zero-order valence-electron chi connectivity index (χ0n) is 11.5. The van der Waals surface area contributed by atoms with Crippen molar-refractivity contribution in [1.82, 2.24) is 30.3 Å². The maximum atomic E-state index is 11.9. The van der Waals surface area contributed by atoms with Crippen molar-refractivity contribution in [2.45, 2.75) is 19.5 Å². The van der Waals surface area contributed by atoms with E-state index >= 15 is 0 Å². The Bertz CT molecular complexity index is 764. The Morgan fingerprint density at radius 1 is 1.29 bits per heavy atom. The first-order valence-electron chi connectivity index (χ1n) is 6.86. The highest BCUT2D eigenvalue weighted by Crippen LogP contribution is 2.05. The monoisotopic (exact) mass is 284 g/mol. The van der Waals surface area contributed by atoms with Crippen molar-refractivity contribution in [2.24, 2.45) is 0 Å². The van der Waals surface area contributed by atoms with Gasteiger partial charge in [-0.2, -0.15) is 0 Å².